The van der Waals surface area contributed by atoms with Crippen LogP contribution in [-0.2, 0) is 6.54 Å². The van der Waals surface area contributed by atoms with Gasteiger partial charge in [0.2, 0.25) is 0 Å². The summed E-state index contributed by atoms with van der Waals surface area (Å²) in [6.45, 7) is 5.61. The first-order valence-corrected chi connectivity index (χ1v) is 7.39. The van der Waals surface area contributed by atoms with Crippen molar-refractivity contribution in [2.45, 2.75) is 45.6 Å². The second kappa shape index (κ2) is 7.25. The lowest BCUT2D eigenvalue weighted by Crippen LogP contribution is -2.24. The average Bonchev–Trinajstić information content (AvgIpc) is 2.65. The van der Waals surface area contributed by atoms with Gasteiger partial charge in [-0.05, 0) is 56.0 Å². The summed E-state index contributed by atoms with van der Waals surface area (Å²) in [4.78, 5) is 6.55. The summed E-state index contributed by atoms with van der Waals surface area (Å²) in [6, 6.07) is 6.05. The molecule has 0 N–H and O–H groups in total. The summed E-state index contributed by atoms with van der Waals surface area (Å²) in [6.07, 6.45) is 8.43. The number of hydrogen-bond acceptors (Lipinski definition) is 3. The van der Waals surface area contributed by atoms with Crippen molar-refractivity contribution in [3.8, 4) is 6.07 Å². The second-order valence-electron chi connectivity index (χ2n) is 5.52. The molecule has 102 valence electrons. The monoisotopic (exact) mass is 257 g/mol. The van der Waals surface area contributed by atoms with Crippen LogP contribution in [-0.4, -0.2) is 23.0 Å². The van der Waals surface area contributed by atoms with Crippen LogP contribution in [0.3, 0.4) is 0 Å². The van der Waals surface area contributed by atoms with Gasteiger partial charge in [-0.2, -0.15) is 5.26 Å². The van der Waals surface area contributed by atoms with Gasteiger partial charge in [0.15, 0.2) is 0 Å². The number of rotatable bonds is 4. The van der Waals surface area contributed by atoms with Crippen LogP contribution in [0.2, 0.25) is 0 Å². The molecule has 1 aliphatic rings. The fourth-order valence-electron chi connectivity index (χ4n) is 2.97. The standard InChI is InChI=1S/C16H23N3/c1-2-4-14-5-3-9-19(10-7-14)13-15-6-8-18-16(11-15)12-17/h6,8,11,14H,2-5,7,9-10,13H2,1H3. The number of nitrogens with zero attached hydrogens (tertiary/aromatic N) is 3. The van der Waals surface area contributed by atoms with Crippen LogP contribution in [0.5, 0.6) is 0 Å². The Kier molecular flexibility index (Phi) is 5.35. The normalized spacial score (nSPS) is 20.7. The Morgan fingerprint density at radius 2 is 2.32 bits per heavy atom. The Balaban J connectivity index is 1.90. The number of aromatic nitrogens is 1. The van der Waals surface area contributed by atoms with E-state index in [1.165, 1.54) is 50.8 Å². The molecule has 1 aliphatic heterocycles. The maximum atomic E-state index is 8.88. The SMILES string of the molecule is CCCC1CCCN(Cc2ccnc(C#N)c2)CC1. The quantitative estimate of drug-likeness (QED) is 0.830. The Morgan fingerprint density at radius 1 is 1.42 bits per heavy atom. The molecule has 0 bridgehead atoms. The summed E-state index contributed by atoms with van der Waals surface area (Å²) in [5.41, 5.74) is 1.73. The van der Waals surface area contributed by atoms with E-state index in [1.54, 1.807) is 6.20 Å². The molecule has 0 radical (unpaired) electrons. The van der Waals surface area contributed by atoms with Crippen molar-refractivity contribution < 1.29 is 0 Å². The van der Waals surface area contributed by atoms with Crippen molar-refractivity contribution in [1.82, 2.24) is 9.88 Å². The third-order valence-corrected chi connectivity index (χ3v) is 3.98. The summed E-state index contributed by atoms with van der Waals surface area (Å²) >= 11 is 0. The van der Waals surface area contributed by atoms with Crippen LogP contribution in [0.25, 0.3) is 0 Å². The lowest BCUT2D eigenvalue weighted by atomic mass is 9.96. The summed E-state index contributed by atoms with van der Waals surface area (Å²) < 4.78 is 0. The van der Waals surface area contributed by atoms with E-state index >= 15 is 0 Å². The highest BCUT2D eigenvalue weighted by atomic mass is 15.1. The smallest absolute Gasteiger partial charge is 0.140 e. The molecule has 1 saturated heterocycles. The lowest BCUT2D eigenvalue weighted by Gasteiger charge is -2.20. The fourth-order valence-corrected chi connectivity index (χ4v) is 2.97. The van der Waals surface area contributed by atoms with Gasteiger partial charge in [0.05, 0.1) is 0 Å². The Morgan fingerprint density at radius 3 is 3.11 bits per heavy atom. The molecule has 3 nitrogen and oxygen atoms in total. The molecule has 1 aromatic rings. The average molecular weight is 257 g/mol. The molecule has 19 heavy (non-hydrogen) atoms. The Labute approximate surface area is 116 Å². The van der Waals surface area contributed by atoms with E-state index in [0.717, 1.165) is 12.5 Å². The van der Waals surface area contributed by atoms with Crippen LogP contribution in [0.1, 0.15) is 50.3 Å². The van der Waals surface area contributed by atoms with Crippen molar-refractivity contribution in [1.29, 1.82) is 5.26 Å². The first-order chi connectivity index (χ1) is 9.31. The Bertz CT molecular complexity index is 436. The molecule has 0 saturated carbocycles. The maximum absolute atomic E-state index is 8.88. The minimum atomic E-state index is 0.524. The third-order valence-electron chi connectivity index (χ3n) is 3.98. The molecule has 0 spiro atoms. The third kappa shape index (κ3) is 4.33. The van der Waals surface area contributed by atoms with Crippen LogP contribution in [0.15, 0.2) is 18.3 Å². The summed E-state index contributed by atoms with van der Waals surface area (Å²) in [7, 11) is 0. The van der Waals surface area contributed by atoms with E-state index in [2.05, 4.69) is 22.9 Å². The second-order valence-corrected chi connectivity index (χ2v) is 5.52. The minimum absolute atomic E-state index is 0.524. The lowest BCUT2D eigenvalue weighted by molar-refractivity contribution is 0.271. The molecule has 1 atom stereocenters. The summed E-state index contributed by atoms with van der Waals surface area (Å²) in [5, 5.41) is 8.88. The van der Waals surface area contributed by atoms with Crippen LogP contribution in [0, 0.1) is 17.2 Å². The van der Waals surface area contributed by atoms with Gasteiger partial charge in [-0.3, -0.25) is 4.90 Å². The van der Waals surface area contributed by atoms with Crippen molar-refractivity contribution in [2.75, 3.05) is 13.1 Å². The van der Waals surface area contributed by atoms with Gasteiger partial charge in [0.25, 0.3) is 0 Å². The van der Waals surface area contributed by atoms with Crippen LogP contribution < -0.4 is 0 Å². The molecular weight excluding hydrogens is 234 g/mol. The van der Waals surface area contributed by atoms with Gasteiger partial charge < -0.3 is 0 Å². The molecule has 2 rings (SSSR count). The van der Waals surface area contributed by atoms with E-state index < -0.39 is 0 Å². The predicted octanol–water partition coefficient (Wildman–Crippen LogP) is 3.36. The van der Waals surface area contributed by atoms with Crippen LogP contribution in [0.4, 0.5) is 0 Å². The highest BCUT2D eigenvalue weighted by Gasteiger charge is 2.16. The molecule has 0 aliphatic carbocycles. The molecule has 2 heterocycles. The maximum Gasteiger partial charge on any atom is 0.140 e. The number of hydrogen-bond donors (Lipinski definition) is 0. The first-order valence-electron chi connectivity index (χ1n) is 7.39. The van der Waals surface area contributed by atoms with Crippen molar-refractivity contribution >= 4 is 0 Å². The van der Waals surface area contributed by atoms with E-state index in [0.29, 0.717) is 5.69 Å². The molecular formula is C16H23N3. The van der Waals surface area contributed by atoms with Crippen LogP contribution >= 0.6 is 0 Å². The number of pyridine rings is 1. The molecule has 0 amide bonds. The van der Waals surface area contributed by atoms with Crippen molar-refractivity contribution in [3.05, 3.63) is 29.6 Å². The topological polar surface area (TPSA) is 39.9 Å². The zero-order chi connectivity index (χ0) is 13.5. The zero-order valence-electron chi connectivity index (χ0n) is 11.8. The molecule has 3 heteroatoms. The first kappa shape index (κ1) is 14.0. The van der Waals surface area contributed by atoms with Gasteiger partial charge in [-0.15, -0.1) is 0 Å². The van der Waals surface area contributed by atoms with Crippen molar-refractivity contribution in [2.24, 2.45) is 5.92 Å². The number of nitriles is 1. The Hall–Kier alpha value is -1.40. The van der Waals surface area contributed by atoms with E-state index in [1.807, 2.05) is 12.1 Å². The van der Waals surface area contributed by atoms with E-state index in [4.69, 9.17) is 5.26 Å². The van der Waals surface area contributed by atoms with Gasteiger partial charge in [-0.1, -0.05) is 19.8 Å². The molecule has 1 fully saturated rings. The molecule has 0 aromatic carbocycles. The predicted molar refractivity (Wildman–Crippen MR) is 76.5 cm³/mol. The largest absolute Gasteiger partial charge is 0.299 e. The number of likely N-dealkylation sites (tertiary alicyclic amines) is 1. The van der Waals surface area contributed by atoms with Gasteiger partial charge in [0, 0.05) is 12.7 Å². The fraction of sp³-hybridized carbons (Fsp3) is 0.625. The van der Waals surface area contributed by atoms with Gasteiger partial charge in [-0.25, -0.2) is 4.98 Å². The molecule has 1 aromatic heterocycles. The highest BCUT2D eigenvalue weighted by Crippen LogP contribution is 2.22. The van der Waals surface area contributed by atoms with E-state index in [-0.39, 0.29) is 0 Å². The summed E-state index contributed by atoms with van der Waals surface area (Å²) in [5.74, 6) is 0.919. The minimum Gasteiger partial charge on any atom is -0.299 e. The highest BCUT2D eigenvalue weighted by molar-refractivity contribution is 5.25. The molecule has 1 unspecified atom stereocenters. The van der Waals surface area contributed by atoms with Gasteiger partial charge >= 0.3 is 0 Å². The zero-order valence-corrected chi connectivity index (χ0v) is 11.8. The van der Waals surface area contributed by atoms with Crippen molar-refractivity contribution in [3.63, 3.8) is 0 Å². The van der Waals surface area contributed by atoms with E-state index in [9.17, 15) is 0 Å². The van der Waals surface area contributed by atoms with Gasteiger partial charge in [0.1, 0.15) is 11.8 Å².